The summed E-state index contributed by atoms with van der Waals surface area (Å²) >= 11 is 1.85. The second-order valence-corrected chi connectivity index (χ2v) is 8.27. The number of hydrogen-bond acceptors (Lipinski definition) is 7. The Labute approximate surface area is 156 Å². The van der Waals surface area contributed by atoms with Crippen LogP contribution < -0.4 is 9.80 Å². The number of thiophene rings is 1. The summed E-state index contributed by atoms with van der Waals surface area (Å²) in [7, 11) is 2.16. The maximum Gasteiger partial charge on any atom is 0.151 e. The zero-order chi connectivity index (χ0) is 17.5. The minimum absolute atomic E-state index is 0.438. The molecular weight excluding hydrogens is 344 g/mol. The Hall–Kier alpha value is -2.28. The number of fused-ring (bicyclic) bond motifs is 3. The quantitative estimate of drug-likeness (QED) is 0.707. The van der Waals surface area contributed by atoms with Crippen molar-refractivity contribution in [2.45, 2.75) is 38.1 Å². The molecule has 0 aromatic carbocycles. The molecule has 1 saturated heterocycles. The molecule has 1 fully saturated rings. The Morgan fingerprint density at radius 1 is 1.27 bits per heavy atom. The van der Waals surface area contributed by atoms with Crippen molar-refractivity contribution >= 4 is 33.2 Å². The Morgan fingerprint density at radius 3 is 3.12 bits per heavy atom. The lowest BCUT2D eigenvalue weighted by atomic mass is 10.1. The average molecular weight is 366 g/mol. The molecule has 0 radical (unpaired) electrons. The normalized spacial score (nSPS) is 19.3. The van der Waals surface area contributed by atoms with Gasteiger partial charge in [0.15, 0.2) is 5.82 Å². The molecule has 134 valence electrons. The van der Waals surface area contributed by atoms with E-state index in [1.807, 2.05) is 17.4 Å². The molecule has 0 N–H and O–H groups in total. The predicted octanol–water partition coefficient (Wildman–Crippen LogP) is 3.08. The van der Waals surface area contributed by atoms with Crippen molar-refractivity contribution in [1.82, 2.24) is 20.2 Å². The van der Waals surface area contributed by atoms with Gasteiger partial charge in [0.25, 0.3) is 0 Å². The lowest BCUT2D eigenvalue weighted by Crippen LogP contribution is -2.39. The molecule has 1 aliphatic heterocycles. The van der Waals surface area contributed by atoms with Crippen LogP contribution in [-0.2, 0) is 12.8 Å². The molecule has 3 aromatic rings. The summed E-state index contributed by atoms with van der Waals surface area (Å²) in [6.45, 7) is 1.98. The van der Waals surface area contributed by atoms with Crippen molar-refractivity contribution in [2.24, 2.45) is 0 Å². The predicted molar refractivity (Wildman–Crippen MR) is 105 cm³/mol. The van der Waals surface area contributed by atoms with Crippen LogP contribution in [0.2, 0.25) is 0 Å². The Bertz CT molecular complexity index is 924. The lowest BCUT2D eigenvalue weighted by molar-refractivity contribution is 0.644. The molecule has 1 aliphatic carbocycles. The molecule has 7 heteroatoms. The van der Waals surface area contributed by atoms with Gasteiger partial charge in [-0.15, -0.1) is 16.4 Å². The maximum atomic E-state index is 4.67. The minimum Gasteiger partial charge on any atom is -0.357 e. The summed E-state index contributed by atoms with van der Waals surface area (Å²) in [6.07, 6.45) is 9.45. The van der Waals surface area contributed by atoms with Crippen molar-refractivity contribution in [3.05, 3.63) is 35.1 Å². The highest BCUT2D eigenvalue weighted by Crippen LogP contribution is 2.40. The maximum absolute atomic E-state index is 4.67. The van der Waals surface area contributed by atoms with Gasteiger partial charge in [0.05, 0.1) is 5.39 Å². The molecule has 2 aliphatic rings. The summed E-state index contributed by atoms with van der Waals surface area (Å²) in [6, 6.07) is 4.46. The molecule has 0 spiro atoms. The fourth-order valence-corrected chi connectivity index (χ4v) is 5.60. The van der Waals surface area contributed by atoms with E-state index in [4.69, 9.17) is 0 Å². The number of anilines is 2. The van der Waals surface area contributed by atoms with Gasteiger partial charge in [-0.25, -0.2) is 9.97 Å². The zero-order valence-corrected chi connectivity index (χ0v) is 15.7. The van der Waals surface area contributed by atoms with Gasteiger partial charge in [0.1, 0.15) is 17.0 Å². The van der Waals surface area contributed by atoms with Gasteiger partial charge in [0, 0.05) is 37.3 Å². The molecule has 0 saturated carbocycles. The smallest absolute Gasteiger partial charge is 0.151 e. The van der Waals surface area contributed by atoms with Gasteiger partial charge in [0.2, 0.25) is 0 Å². The summed E-state index contributed by atoms with van der Waals surface area (Å²) in [5.74, 6) is 2.06. The van der Waals surface area contributed by atoms with E-state index in [1.54, 1.807) is 12.5 Å². The molecule has 1 unspecified atom stereocenters. The van der Waals surface area contributed by atoms with Gasteiger partial charge < -0.3 is 9.80 Å². The molecule has 5 rings (SSSR count). The van der Waals surface area contributed by atoms with Crippen LogP contribution in [0, 0.1) is 0 Å². The molecule has 1 atom stereocenters. The Balaban J connectivity index is 1.44. The number of aromatic nitrogens is 4. The standard InChI is InChI=1S/C19H22N6S/c1-24(11-13-5-4-10-25(13)16-8-3-9-22-23-16)18-17-14-6-2-7-15(14)26-19(17)21-12-20-18/h3,8-9,12-13H,2,4-7,10-11H2,1H3. The van der Waals surface area contributed by atoms with Crippen molar-refractivity contribution in [2.75, 3.05) is 29.9 Å². The third-order valence-corrected chi connectivity index (χ3v) is 6.76. The van der Waals surface area contributed by atoms with Crippen LogP contribution in [0.25, 0.3) is 10.2 Å². The van der Waals surface area contributed by atoms with E-state index in [1.165, 1.54) is 47.9 Å². The third kappa shape index (κ3) is 2.61. The van der Waals surface area contributed by atoms with Crippen LogP contribution in [0.1, 0.15) is 29.7 Å². The number of nitrogens with zero attached hydrogens (tertiary/aromatic N) is 6. The van der Waals surface area contributed by atoms with Gasteiger partial charge in [-0.2, -0.15) is 5.10 Å². The molecule has 6 nitrogen and oxygen atoms in total. The summed E-state index contributed by atoms with van der Waals surface area (Å²) in [5, 5.41) is 9.65. The van der Waals surface area contributed by atoms with Crippen molar-refractivity contribution in [3.63, 3.8) is 0 Å². The Morgan fingerprint density at radius 2 is 2.23 bits per heavy atom. The highest BCUT2D eigenvalue weighted by Gasteiger charge is 2.29. The second-order valence-electron chi connectivity index (χ2n) is 7.19. The van der Waals surface area contributed by atoms with E-state index in [0.29, 0.717) is 6.04 Å². The van der Waals surface area contributed by atoms with Gasteiger partial charge >= 0.3 is 0 Å². The fourth-order valence-electron chi connectivity index (χ4n) is 4.38. The highest BCUT2D eigenvalue weighted by atomic mass is 32.1. The van der Waals surface area contributed by atoms with Crippen LogP contribution in [0.4, 0.5) is 11.6 Å². The van der Waals surface area contributed by atoms with Crippen LogP contribution >= 0.6 is 11.3 Å². The highest BCUT2D eigenvalue weighted by molar-refractivity contribution is 7.19. The van der Waals surface area contributed by atoms with Crippen molar-refractivity contribution < 1.29 is 0 Å². The van der Waals surface area contributed by atoms with E-state index < -0.39 is 0 Å². The topological polar surface area (TPSA) is 58.0 Å². The second kappa shape index (κ2) is 6.46. The number of aryl methyl sites for hydroxylation is 2. The summed E-state index contributed by atoms with van der Waals surface area (Å²) in [4.78, 5) is 16.6. The molecule has 0 bridgehead atoms. The van der Waals surface area contributed by atoms with Crippen molar-refractivity contribution in [3.8, 4) is 0 Å². The first kappa shape index (κ1) is 15.9. The van der Waals surface area contributed by atoms with Gasteiger partial charge in [-0.3, -0.25) is 0 Å². The molecular formula is C19H22N6S. The van der Waals surface area contributed by atoms with Crippen LogP contribution in [0.3, 0.4) is 0 Å². The van der Waals surface area contributed by atoms with Crippen LogP contribution in [0.5, 0.6) is 0 Å². The Kier molecular flexibility index (Phi) is 3.96. The van der Waals surface area contributed by atoms with E-state index >= 15 is 0 Å². The third-order valence-electron chi connectivity index (χ3n) is 5.56. The van der Waals surface area contributed by atoms with Crippen LogP contribution in [0.15, 0.2) is 24.7 Å². The molecule has 26 heavy (non-hydrogen) atoms. The van der Waals surface area contributed by atoms with E-state index in [2.05, 4.69) is 43.1 Å². The fraction of sp³-hybridized carbons (Fsp3) is 0.474. The first-order valence-corrected chi connectivity index (χ1v) is 10.1. The summed E-state index contributed by atoms with van der Waals surface area (Å²) in [5.41, 5.74) is 1.49. The van der Waals surface area contributed by atoms with E-state index in [9.17, 15) is 0 Å². The van der Waals surface area contributed by atoms with Crippen LogP contribution in [-0.4, -0.2) is 46.3 Å². The lowest BCUT2D eigenvalue weighted by Gasteiger charge is -2.30. The number of likely N-dealkylation sites (N-methyl/N-ethyl adjacent to an activating group) is 1. The first-order valence-electron chi connectivity index (χ1n) is 9.32. The molecule has 4 heterocycles. The molecule has 0 amide bonds. The SMILES string of the molecule is CN(CC1CCCN1c1cccnn1)c1ncnc2sc3c(c12)CCC3. The molecule has 3 aromatic heterocycles. The first-order chi connectivity index (χ1) is 12.8. The van der Waals surface area contributed by atoms with E-state index in [-0.39, 0.29) is 0 Å². The minimum atomic E-state index is 0.438. The number of rotatable bonds is 4. The summed E-state index contributed by atoms with van der Waals surface area (Å²) < 4.78 is 0. The average Bonchev–Trinajstić information content (AvgIpc) is 3.37. The number of hydrogen-bond donors (Lipinski definition) is 0. The monoisotopic (exact) mass is 366 g/mol. The zero-order valence-electron chi connectivity index (χ0n) is 14.9. The van der Waals surface area contributed by atoms with E-state index in [0.717, 1.165) is 29.6 Å². The van der Waals surface area contributed by atoms with Gasteiger partial charge in [-0.05, 0) is 49.8 Å². The van der Waals surface area contributed by atoms with Gasteiger partial charge in [-0.1, -0.05) is 0 Å². The van der Waals surface area contributed by atoms with Crippen molar-refractivity contribution in [1.29, 1.82) is 0 Å². The largest absolute Gasteiger partial charge is 0.357 e.